The first-order valence-electron chi connectivity index (χ1n) is 8.97. The molecule has 0 aliphatic carbocycles. The van der Waals surface area contributed by atoms with Crippen molar-refractivity contribution in [1.29, 1.82) is 0 Å². The number of likely N-dealkylation sites (N-methyl/N-ethyl adjacent to an activating group) is 1. The second kappa shape index (κ2) is 10.8. The summed E-state index contributed by atoms with van der Waals surface area (Å²) in [6.45, 7) is 2.55. The molecule has 160 valence electrons. The topological polar surface area (TPSA) is 135 Å². The molecule has 10 nitrogen and oxygen atoms in total. The summed E-state index contributed by atoms with van der Waals surface area (Å²) in [6.07, 6.45) is 0.0811. The monoisotopic (exact) mass is 418 g/mol. The fraction of sp³-hybridized carbons (Fsp3) is 0.316. The molecular formula is C19H23FN6O4. The Kier molecular flexibility index (Phi) is 8.18. The van der Waals surface area contributed by atoms with Crippen LogP contribution in [0.5, 0.6) is 0 Å². The van der Waals surface area contributed by atoms with E-state index in [4.69, 9.17) is 14.6 Å². The molecule has 11 heteroatoms. The van der Waals surface area contributed by atoms with Crippen LogP contribution in [0.15, 0.2) is 24.3 Å². The number of carbonyl (C=O) groups is 2. The quantitative estimate of drug-likeness (QED) is 0.494. The van der Waals surface area contributed by atoms with Gasteiger partial charge in [0, 0.05) is 25.4 Å². The number of nitrogens with zero attached hydrogens (tertiary/aromatic N) is 4. The predicted octanol–water partition coefficient (Wildman–Crippen LogP) is 1.42. The van der Waals surface area contributed by atoms with Gasteiger partial charge in [0.1, 0.15) is 17.3 Å². The van der Waals surface area contributed by atoms with Gasteiger partial charge in [0.25, 0.3) is 6.47 Å². The summed E-state index contributed by atoms with van der Waals surface area (Å²) in [6, 6.07) is 6.08. The smallest absolute Gasteiger partial charge is 0.290 e. The number of aromatic nitrogens is 5. The van der Waals surface area contributed by atoms with Crippen molar-refractivity contribution in [2.75, 3.05) is 20.8 Å². The van der Waals surface area contributed by atoms with E-state index in [0.717, 1.165) is 11.3 Å². The van der Waals surface area contributed by atoms with Crippen molar-refractivity contribution in [2.24, 2.45) is 0 Å². The summed E-state index contributed by atoms with van der Waals surface area (Å²) in [7, 11) is 3.17. The predicted molar refractivity (Wildman–Crippen MR) is 106 cm³/mol. The number of halogens is 1. The highest BCUT2D eigenvalue weighted by Gasteiger charge is 2.19. The van der Waals surface area contributed by atoms with Crippen molar-refractivity contribution in [3.63, 3.8) is 0 Å². The highest BCUT2D eigenvalue weighted by atomic mass is 19.1. The summed E-state index contributed by atoms with van der Waals surface area (Å²) in [4.78, 5) is 32.3. The minimum Gasteiger partial charge on any atom is -0.483 e. The van der Waals surface area contributed by atoms with Gasteiger partial charge in [-0.15, -0.1) is 0 Å². The van der Waals surface area contributed by atoms with E-state index >= 15 is 0 Å². The minimum absolute atomic E-state index is 0.0811. The third-order valence-corrected chi connectivity index (χ3v) is 4.03. The minimum atomic E-state index is -0.305. The average Bonchev–Trinajstić information content (AvgIpc) is 3.30. The van der Waals surface area contributed by atoms with E-state index in [-0.39, 0.29) is 24.6 Å². The Morgan fingerprint density at radius 3 is 2.60 bits per heavy atom. The lowest BCUT2D eigenvalue weighted by Gasteiger charge is -2.03. The second-order valence-corrected chi connectivity index (χ2v) is 6.09. The van der Waals surface area contributed by atoms with Gasteiger partial charge in [0.2, 0.25) is 5.91 Å². The van der Waals surface area contributed by atoms with Gasteiger partial charge >= 0.3 is 0 Å². The molecule has 0 unspecified atom stereocenters. The Morgan fingerprint density at radius 2 is 2.00 bits per heavy atom. The van der Waals surface area contributed by atoms with E-state index in [1.807, 2.05) is 6.92 Å². The largest absolute Gasteiger partial charge is 0.483 e. The lowest BCUT2D eigenvalue weighted by Crippen LogP contribution is -2.20. The summed E-state index contributed by atoms with van der Waals surface area (Å²) in [5.41, 5.74) is 2.19. The number of methoxy groups -OCH3 is 1. The molecule has 0 bridgehead atoms. The Balaban J connectivity index is 0.00000101. The molecule has 1 amide bonds. The number of hydrogen-bond donors (Lipinski definition) is 3. The summed E-state index contributed by atoms with van der Waals surface area (Å²) < 4.78 is 20.0. The van der Waals surface area contributed by atoms with E-state index in [9.17, 15) is 9.18 Å². The molecule has 0 saturated carbocycles. The number of aryl methyl sites for hydroxylation is 1. The van der Waals surface area contributed by atoms with Crippen molar-refractivity contribution in [3.8, 4) is 22.9 Å². The number of ether oxygens (including phenoxy) is 1. The fourth-order valence-electron chi connectivity index (χ4n) is 2.63. The molecule has 3 rings (SSSR count). The maximum absolute atomic E-state index is 13.2. The number of aromatic amines is 1. The first-order chi connectivity index (χ1) is 14.4. The van der Waals surface area contributed by atoms with Crippen LogP contribution in [0.3, 0.4) is 0 Å². The highest BCUT2D eigenvalue weighted by molar-refractivity contribution is 5.77. The first-order valence-corrected chi connectivity index (χ1v) is 8.97. The van der Waals surface area contributed by atoms with Crippen LogP contribution in [-0.2, 0) is 27.3 Å². The molecule has 3 aromatic rings. The molecule has 0 saturated heterocycles. The normalized spacial score (nSPS) is 10.3. The number of H-pyrrole nitrogens is 1. The first kappa shape index (κ1) is 22.7. The van der Waals surface area contributed by atoms with Gasteiger partial charge in [-0.1, -0.05) is 0 Å². The van der Waals surface area contributed by atoms with Crippen LogP contribution in [0.25, 0.3) is 22.9 Å². The molecule has 0 spiro atoms. The Bertz CT molecular complexity index is 984. The maximum Gasteiger partial charge on any atom is 0.290 e. The van der Waals surface area contributed by atoms with Crippen LogP contribution in [0.4, 0.5) is 4.39 Å². The van der Waals surface area contributed by atoms with Crippen LogP contribution in [0.2, 0.25) is 0 Å². The van der Waals surface area contributed by atoms with Crippen molar-refractivity contribution in [2.45, 2.75) is 19.9 Å². The molecule has 0 aliphatic rings. The third-order valence-electron chi connectivity index (χ3n) is 4.03. The lowest BCUT2D eigenvalue weighted by molar-refractivity contribution is -0.123. The molecule has 0 aliphatic heterocycles. The second-order valence-electron chi connectivity index (χ2n) is 6.09. The highest BCUT2D eigenvalue weighted by Crippen LogP contribution is 2.25. The van der Waals surface area contributed by atoms with E-state index in [1.54, 1.807) is 31.0 Å². The summed E-state index contributed by atoms with van der Waals surface area (Å²) in [5.74, 6) is 1.09. The van der Waals surface area contributed by atoms with E-state index in [0.29, 0.717) is 36.3 Å². The fourth-order valence-corrected chi connectivity index (χ4v) is 2.63. The zero-order valence-electron chi connectivity index (χ0n) is 16.8. The number of amides is 1. The molecule has 0 radical (unpaired) electrons. The van der Waals surface area contributed by atoms with Crippen molar-refractivity contribution in [3.05, 3.63) is 41.6 Å². The van der Waals surface area contributed by atoms with E-state index in [2.05, 4.69) is 25.4 Å². The molecular weight excluding hydrogens is 395 g/mol. The summed E-state index contributed by atoms with van der Waals surface area (Å²) >= 11 is 0. The number of benzene rings is 1. The molecule has 0 fully saturated rings. The Morgan fingerprint density at radius 1 is 1.33 bits per heavy atom. The van der Waals surface area contributed by atoms with Crippen LogP contribution >= 0.6 is 0 Å². The molecule has 1 aromatic carbocycles. The summed E-state index contributed by atoms with van der Waals surface area (Å²) in [5, 5.41) is 13.9. The SMILES string of the molecule is CNC(=O)Cc1nc(-c2nc(-c3ccc(F)cc3)[nH]c2C)n(CCOC)n1.O=CO. The number of carboxylic acid groups (broad SMARTS) is 1. The number of rotatable bonds is 7. The van der Waals surface area contributed by atoms with E-state index < -0.39 is 0 Å². The van der Waals surface area contributed by atoms with Crippen molar-refractivity contribution in [1.82, 2.24) is 30.0 Å². The van der Waals surface area contributed by atoms with Crippen LogP contribution in [-0.4, -0.2) is 63.0 Å². The molecule has 30 heavy (non-hydrogen) atoms. The van der Waals surface area contributed by atoms with Crippen LogP contribution in [0.1, 0.15) is 11.5 Å². The van der Waals surface area contributed by atoms with Crippen LogP contribution < -0.4 is 5.32 Å². The van der Waals surface area contributed by atoms with Crippen LogP contribution in [0, 0.1) is 12.7 Å². The molecule has 3 N–H and O–H groups in total. The Hall–Kier alpha value is -3.60. The van der Waals surface area contributed by atoms with Gasteiger partial charge in [0.05, 0.1) is 19.6 Å². The maximum atomic E-state index is 13.2. The van der Waals surface area contributed by atoms with Crippen molar-refractivity contribution < 1.29 is 23.8 Å². The van der Waals surface area contributed by atoms with Crippen molar-refractivity contribution >= 4 is 12.4 Å². The van der Waals surface area contributed by atoms with Gasteiger partial charge in [0.15, 0.2) is 11.6 Å². The lowest BCUT2D eigenvalue weighted by atomic mass is 10.2. The van der Waals surface area contributed by atoms with Gasteiger partial charge in [-0.2, -0.15) is 5.10 Å². The average molecular weight is 418 g/mol. The molecule has 0 atom stereocenters. The van der Waals surface area contributed by atoms with Gasteiger partial charge in [-0.25, -0.2) is 19.0 Å². The number of nitrogens with one attached hydrogen (secondary N) is 2. The van der Waals surface area contributed by atoms with Gasteiger partial charge < -0.3 is 20.1 Å². The Labute approximate surface area is 172 Å². The molecule has 2 heterocycles. The number of hydrogen-bond acceptors (Lipinski definition) is 6. The molecule has 2 aromatic heterocycles. The zero-order chi connectivity index (χ0) is 22.1. The van der Waals surface area contributed by atoms with Gasteiger partial charge in [-0.3, -0.25) is 9.59 Å². The number of imidazole rings is 1. The standard InChI is InChI=1S/C18H21FN6O2.CH2O2/c1-11-16(23-17(21-11)12-4-6-13(19)7-5-12)18-22-14(10-15(26)20-2)24-25(18)8-9-27-3;2-1-3/h4-7H,8-10H2,1-3H3,(H,20,26)(H,21,23);1H,(H,2,3). The number of carbonyl (C=O) groups excluding carboxylic acids is 1. The third kappa shape index (κ3) is 5.70. The van der Waals surface area contributed by atoms with E-state index in [1.165, 1.54) is 12.1 Å². The zero-order valence-corrected chi connectivity index (χ0v) is 16.8. The van der Waals surface area contributed by atoms with Gasteiger partial charge in [-0.05, 0) is 31.2 Å².